The molecule has 1 fully saturated rings. The second kappa shape index (κ2) is 6.77. The molecule has 1 saturated heterocycles. The van der Waals surface area contributed by atoms with Crippen LogP contribution in [0.15, 0.2) is 28.8 Å². The summed E-state index contributed by atoms with van der Waals surface area (Å²) in [5.41, 5.74) is 1.14. The van der Waals surface area contributed by atoms with Gasteiger partial charge in [-0.15, -0.1) is 0 Å². The second-order valence-corrected chi connectivity index (χ2v) is 6.32. The summed E-state index contributed by atoms with van der Waals surface area (Å²) in [6.45, 7) is 7.53. The van der Waals surface area contributed by atoms with Crippen molar-refractivity contribution in [3.8, 4) is 0 Å². The summed E-state index contributed by atoms with van der Waals surface area (Å²) in [5.74, 6) is 1.69. The molecule has 0 amide bonds. The van der Waals surface area contributed by atoms with E-state index in [1.54, 1.807) is 0 Å². The fraction of sp³-hybridized carbons (Fsp3) is 0.500. The van der Waals surface area contributed by atoms with Crippen LogP contribution < -0.4 is 5.32 Å². The molecule has 118 valence electrons. The molecule has 6 heteroatoms. The molecule has 0 spiro atoms. The van der Waals surface area contributed by atoms with E-state index >= 15 is 0 Å². The van der Waals surface area contributed by atoms with Crippen molar-refractivity contribution in [3.05, 3.63) is 46.6 Å². The highest BCUT2D eigenvalue weighted by Crippen LogP contribution is 2.29. The van der Waals surface area contributed by atoms with Crippen molar-refractivity contribution < 1.29 is 4.52 Å². The van der Waals surface area contributed by atoms with E-state index in [1.807, 2.05) is 18.2 Å². The smallest absolute Gasteiger partial charge is 0.229 e. The van der Waals surface area contributed by atoms with E-state index in [-0.39, 0.29) is 12.0 Å². The van der Waals surface area contributed by atoms with Gasteiger partial charge in [0, 0.05) is 36.6 Å². The largest absolute Gasteiger partial charge is 0.339 e. The van der Waals surface area contributed by atoms with E-state index in [0.29, 0.717) is 12.4 Å². The zero-order chi connectivity index (χ0) is 15.5. The zero-order valence-corrected chi connectivity index (χ0v) is 13.7. The van der Waals surface area contributed by atoms with Crippen molar-refractivity contribution in [3.63, 3.8) is 0 Å². The van der Waals surface area contributed by atoms with Gasteiger partial charge in [-0.05, 0) is 11.6 Å². The molecule has 0 radical (unpaired) electrons. The van der Waals surface area contributed by atoms with Gasteiger partial charge >= 0.3 is 0 Å². The third kappa shape index (κ3) is 3.32. The summed E-state index contributed by atoms with van der Waals surface area (Å²) in [6, 6.07) is 8.24. The summed E-state index contributed by atoms with van der Waals surface area (Å²) in [6.07, 6.45) is 0. The molecular weight excluding hydrogens is 300 g/mol. The summed E-state index contributed by atoms with van der Waals surface area (Å²) in [4.78, 5) is 6.84. The van der Waals surface area contributed by atoms with E-state index in [4.69, 9.17) is 16.1 Å². The lowest BCUT2D eigenvalue weighted by Gasteiger charge is -2.36. The molecule has 0 bridgehead atoms. The Bertz CT molecular complexity index is 628. The number of rotatable bonds is 4. The van der Waals surface area contributed by atoms with E-state index in [0.717, 1.165) is 36.0 Å². The lowest BCUT2D eigenvalue weighted by atomic mass is 10.0. The first kappa shape index (κ1) is 15.5. The van der Waals surface area contributed by atoms with Gasteiger partial charge in [0.25, 0.3) is 0 Å². The molecule has 1 aliphatic heterocycles. The highest BCUT2D eigenvalue weighted by atomic mass is 35.5. The number of hydrogen-bond acceptors (Lipinski definition) is 5. The quantitative estimate of drug-likeness (QED) is 0.938. The molecule has 1 aromatic heterocycles. The maximum Gasteiger partial charge on any atom is 0.229 e. The van der Waals surface area contributed by atoms with Gasteiger partial charge in [0.2, 0.25) is 5.89 Å². The number of aromatic nitrogens is 2. The van der Waals surface area contributed by atoms with E-state index in [1.165, 1.54) is 0 Å². The van der Waals surface area contributed by atoms with Gasteiger partial charge in [0.1, 0.15) is 0 Å². The third-order valence-electron chi connectivity index (χ3n) is 3.94. The lowest BCUT2D eigenvalue weighted by Crippen LogP contribution is -2.45. The van der Waals surface area contributed by atoms with E-state index in [2.05, 4.69) is 40.3 Å². The van der Waals surface area contributed by atoms with Crippen LogP contribution in [0.3, 0.4) is 0 Å². The summed E-state index contributed by atoms with van der Waals surface area (Å²) >= 11 is 6.37. The molecule has 3 rings (SSSR count). The number of hydrogen-bond donors (Lipinski definition) is 1. The summed E-state index contributed by atoms with van der Waals surface area (Å²) in [5, 5.41) is 8.34. The Hall–Kier alpha value is -1.43. The molecule has 0 saturated carbocycles. The topological polar surface area (TPSA) is 54.2 Å². The molecule has 0 aliphatic carbocycles. The number of nitrogens with one attached hydrogen (secondary N) is 1. The van der Waals surface area contributed by atoms with Crippen LogP contribution in [0.2, 0.25) is 5.02 Å². The normalized spacial score (nSPS) is 19.7. The first-order valence-corrected chi connectivity index (χ1v) is 8.04. The SMILES string of the molecule is CC(C)c1nc(CN2CCNCC2c2ccccc2Cl)no1. The van der Waals surface area contributed by atoms with Crippen LogP contribution in [0, 0.1) is 0 Å². The molecule has 1 unspecified atom stereocenters. The van der Waals surface area contributed by atoms with Crippen LogP contribution in [0.25, 0.3) is 0 Å². The fourth-order valence-corrected chi connectivity index (χ4v) is 3.00. The zero-order valence-electron chi connectivity index (χ0n) is 12.9. The van der Waals surface area contributed by atoms with Crippen LogP contribution in [0.1, 0.15) is 43.1 Å². The van der Waals surface area contributed by atoms with Gasteiger partial charge in [-0.2, -0.15) is 4.98 Å². The summed E-state index contributed by atoms with van der Waals surface area (Å²) in [7, 11) is 0. The molecule has 1 N–H and O–H groups in total. The highest BCUT2D eigenvalue weighted by molar-refractivity contribution is 6.31. The number of nitrogens with zero attached hydrogens (tertiary/aromatic N) is 3. The average molecular weight is 321 g/mol. The lowest BCUT2D eigenvalue weighted by molar-refractivity contribution is 0.148. The van der Waals surface area contributed by atoms with Crippen molar-refractivity contribution in [2.45, 2.75) is 32.4 Å². The van der Waals surface area contributed by atoms with Crippen LogP contribution in [-0.4, -0.2) is 34.7 Å². The van der Waals surface area contributed by atoms with Crippen molar-refractivity contribution in [1.82, 2.24) is 20.4 Å². The molecule has 1 atom stereocenters. The minimum Gasteiger partial charge on any atom is -0.339 e. The second-order valence-electron chi connectivity index (χ2n) is 5.92. The third-order valence-corrected chi connectivity index (χ3v) is 4.28. The van der Waals surface area contributed by atoms with Gasteiger partial charge < -0.3 is 9.84 Å². The molecule has 22 heavy (non-hydrogen) atoms. The Morgan fingerprint density at radius 1 is 1.41 bits per heavy atom. The fourth-order valence-electron chi connectivity index (χ4n) is 2.74. The van der Waals surface area contributed by atoms with Gasteiger partial charge in [-0.3, -0.25) is 4.90 Å². The summed E-state index contributed by atoms with van der Waals surface area (Å²) < 4.78 is 5.30. The van der Waals surface area contributed by atoms with Crippen molar-refractivity contribution >= 4 is 11.6 Å². The first-order chi connectivity index (χ1) is 10.6. The highest BCUT2D eigenvalue weighted by Gasteiger charge is 2.26. The van der Waals surface area contributed by atoms with Crippen LogP contribution in [-0.2, 0) is 6.54 Å². The molecule has 2 heterocycles. The predicted molar refractivity (Wildman–Crippen MR) is 85.9 cm³/mol. The standard InChI is InChI=1S/C16H21ClN4O/c1-11(2)16-19-15(20-22-16)10-21-8-7-18-9-14(21)12-5-3-4-6-13(12)17/h3-6,11,14,18H,7-10H2,1-2H3. The molecular formula is C16H21ClN4O. The maximum absolute atomic E-state index is 6.37. The maximum atomic E-state index is 6.37. The van der Waals surface area contributed by atoms with Crippen LogP contribution in [0.5, 0.6) is 0 Å². The Morgan fingerprint density at radius 2 is 2.23 bits per heavy atom. The molecule has 2 aromatic rings. The molecule has 1 aromatic carbocycles. The monoisotopic (exact) mass is 320 g/mol. The van der Waals surface area contributed by atoms with Gasteiger partial charge in [-0.1, -0.05) is 48.8 Å². The number of piperazine rings is 1. The Balaban J connectivity index is 1.79. The molecule has 5 nitrogen and oxygen atoms in total. The van der Waals surface area contributed by atoms with Crippen molar-refractivity contribution in [1.29, 1.82) is 0 Å². The molecule has 1 aliphatic rings. The Labute approximate surface area is 135 Å². The van der Waals surface area contributed by atoms with Gasteiger partial charge in [0.05, 0.1) is 6.54 Å². The first-order valence-electron chi connectivity index (χ1n) is 7.67. The number of benzene rings is 1. The Kier molecular flexibility index (Phi) is 4.76. The van der Waals surface area contributed by atoms with Gasteiger partial charge in [0.15, 0.2) is 5.82 Å². The number of halogens is 1. The van der Waals surface area contributed by atoms with Crippen LogP contribution >= 0.6 is 11.6 Å². The average Bonchev–Trinajstić information content (AvgIpc) is 2.97. The van der Waals surface area contributed by atoms with E-state index in [9.17, 15) is 0 Å². The van der Waals surface area contributed by atoms with Crippen LogP contribution in [0.4, 0.5) is 0 Å². The van der Waals surface area contributed by atoms with Gasteiger partial charge in [-0.25, -0.2) is 0 Å². The predicted octanol–water partition coefficient (Wildman–Crippen LogP) is 2.99. The minimum atomic E-state index is 0.225. The van der Waals surface area contributed by atoms with Crippen molar-refractivity contribution in [2.75, 3.05) is 19.6 Å². The minimum absolute atomic E-state index is 0.225. The van der Waals surface area contributed by atoms with E-state index < -0.39 is 0 Å². The van der Waals surface area contributed by atoms with Crippen molar-refractivity contribution in [2.24, 2.45) is 0 Å². The Morgan fingerprint density at radius 3 is 2.95 bits per heavy atom.